The molecule has 1 N–H and O–H groups in total. The maximum atomic E-state index is 12.6. The summed E-state index contributed by atoms with van der Waals surface area (Å²) in [5, 5.41) is 2.75. The van der Waals surface area contributed by atoms with Gasteiger partial charge in [0.05, 0.1) is 9.80 Å². The number of carbonyl (C=O) groups excluding carboxylic acids is 3. The first-order chi connectivity index (χ1) is 15.1. The Bertz CT molecular complexity index is 1190. The number of rotatable bonds is 7. The number of hydrogen-bond acceptors (Lipinski definition) is 6. The molecule has 1 saturated heterocycles. The molecule has 0 unspecified atom stereocenters. The van der Waals surface area contributed by atoms with Crippen LogP contribution in [0.4, 0.5) is 4.79 Å². The molecule has 0 saturated carbocycles. The van der Waals surface area contributed by atoms with E-state index in [9.17, 15) is 22.8 Å². The van der Waals surface area contributed by atoms with E-state index in [0.29, 0.717) is 5.02 Å². The predicted molar refractivity (Wildman–Crippen MR) is 124 cm³/mol. The Kier molecular flexibility index (Phi) is 7.40. The van der Waals surface area contributed by atoms with Crippen LogP contribution in [0.1, 0.15) is 15.9 Å². The quantitative estimate of drug-likeness (QED) is 0.594. The molecule has 0 spiro atoms. The minimum absolute atomic E-state index is 0.00609. The van der Waals surface area contributed by atoms with Gasteiger partial charge in [-0.15, -0.1) is 0 Å². The highest BCUT2D eigenvalue weighted by molar-refractivity contribution is 8.18. The van der Waals surface area contributed by atoms with E-state index >= 15 is 0 Å². The fraction of sp³-hybridized carbons (Fsp3) is 0.190. The zero-order valence-electron chi connectivity index (χ0n) is 17.2. The van der Waals surface area contributed by atoms with Crippen LogP contribution in [0.2, 0.25) is 5.02 Å². The third-order valence-corrected chi connectivity index (χ3v) is 7.51. The van der Waals surface area contributed by atoms with E-state index in [4.69, 9.17) is 11.6 Å². The standard InChI is InChI=1S/C21H20ClN3O5S2/c1-24(2)32(29,30)17-5-3-4-15(13-17)19(26)23-10-11-25-20(27)18(31-21(25)28)12-14-6-8-16(22)9-7-14/h3-9,12-13H,10-11H2,1-2H3,(H,23,26). The van der Waals surface area contributed by atoms with Gasteiger partial charge in [-0.25, -0.2) is 12.7 Å². The number of halogens is 1. The molecule has 0 atom stereocenters. The van der Waals surface area contributed by atoms with Gasteiger partial charge in [0, 0.05) is 37.8 Å². The lowest BCUT2D eigenvalue weighted by Gasteiger charge is -2.14. The molecular weight excluding hydrogens is 474 g/mol. The molecule has 1 fully saturated rings. The highest BCUT2D eigenvalue weighted by Gasteiger charge is 2.34. The number of hydrogen-bond donors (Lipinski definition) is 1. The molecule has 8 nitrogen and oxygen atoms in total. The van der Waals surface area contributed by atoms with Crippen LogP contribution >= 0.6 is 23.4 Å². The average Bonchev–Trinajstić information content (AvgIpc) is 3.02. The van der Waals surface area contributed by atoms with Gasteiger partial charge in [-0.1, -0.05) is 29.8 Å². The number of nitrogens with zero attached hydrogens (tertiary/aromatic N) is 2. The molecular formula is C21H20ClN3O5S2. The van der Waals surface area contributed by atoms with E-state index in [1.54, 1.807) is 30.3 Å². The molecule has 1 aliphatic heterocycles. The van der Waals surface area contributed by atoms with Gasteiger partial charge in [0.25, 0.3) is 17.1 Å². The largest absolute Gasteiger partial charge is 0.350 e. The lowest BCUT2D eigenvalue weighted by Crippen LogP contribution is -2.37. The van der Waals surface area contributed by atoms with Crippen LogP contribution in [0.5, 0.6) is 0 Å². The van der Waals surface area contributed by atoms with Crippen molar-refractivity contribution in [1.82, 2.24) is 14.5 Å². The van der Waals surface area contributed by atoms with Crippen molar-refractivity contribution >= 4 is 56.5 Å². The molecule has 1 heterocycles. The van der Waals surface area contributed by atoms with Crippen molar-refractivity contribution in [2.45, 2.75) is 4.90 Å². The molecule has 3 amide bonds. The Labute approximate surface area is 195 Å². The van der Waals surface area contributed by atoms with E-state index in [1.807, 2.05) is 0 Å². The summed E-state index contributed by atoms with van der Waals surface area (Å²) in [6.07, 6.45) is 1.61. The summed E-state index contributed by atoms with van der Waals surface area (Å²) in [6, 6.07) is 12.5. The van der Waals surface area contributed by atoms with Crippen LogP contribution in [0.25, 0.3) is 6.08 Å². The second kappa shape index (κ2) is 9.86. The van der Waals surface area contributed by atoms with Gasteiger partial charge < -0.3 is 5.32 Å². The topological polar surface area (TPSA) is 104 Å². The summed E-state index contributed by atoms with van der Waals surface area (Å²) in [5.41, 5.74) is 0.894. The number of benzene rings is 2. The van der Waals surface area contributed by atoms with Gasteiger partial charge in [-0.3, -0.25) is 19.3 Å². The number of thioether (sulfide) groups is 1. The number of carbonyl (C=O) groups is 3. The van der Waals surface area contributed by atoms with Crippen molar-refractivity contribution in [3.05, 3.63) is 69.6 Å². The zero-order valence-corrected chi connectivity index (χ0v) is 19.6. The summed E-state index contributed by atoms with van der Waals surface area (Å²) in [7, 11) is -0.871. The molecule has 3 rings (SSSR count). The Morgan fingerprint density at radius 3 is 2.50 bits per heavy atom. The Balaban J connectivity index is 1.62. The fourth-order valence-electron chi connectivity index (χ4n) is 2.80. The van der Waals surface area contributed by atoms with E-state index < -0.39 is 27.1 Å². The molecule has 168 valence electrons. The highest BCUT2D eigenvalue weighted by Crippen LogP contribution is 2.32. The van der Waals surface area contributed by atoms with Crippen molar-refractivity contribution in [3.8, 4) is 0 Å². The SMILES string of the molecule is CN(C)S(=O)(=O)c1cccc(C(=O)NCCN2C(=O)SC(=Cc3ccc(Cl)cc3)C2=O)c1. The lowest BCUT2D eigenvalue weighted by molar-refractivity contribution is -0.122. The Morgan fingerprint density at radius 1 is 1.16 bits per heavy atom. The average molecular weight is 494 g/mol. The molecule has 0 bridgehead atoms. The van der Waals surface area contributed by atoms with Gasteiger partial charge in [0.2, 0.25) is 10.0 Å². The third kappa shape index (κ3) is 5.39. The van der Waals surface area contributed by atoms with Crippen LogP contribution in [0.15, 0.2) is 58.3 Å². The molecule has 0 radical (unpaired) electrons. The van der Waals surface area contributed by atoms with Crippen LogP contribution in [0, 0.1) is 0 Å². The first-order valence-electron chi connectivity index (χ1n) is 9.41. The van der Waals surface area contributed by atoms with Crippen molar-refractivity contribution in [2.75, 3.05) is 27.2 Å². The van der Waals surface area contributed by atoms with Gasteiger partial charge >= 0.3 is 0 Å². The van der Waals surface area contributed by atoms with Crippen molar-refractivity contribution < 1.29 is 22.8 Å². The first kappa shape index (κ1) is 24.0. The van der Waals surface area contributed by atoms with E-state index in [-0.39, 0.29) is 28.5 Å². The maximum absolute atomic E-state index is 12.6. The molecule has 1 aliphatic rings. The molecule has 2 aromatic rings. The monoisotopic (exact) mass is 493 g/mol. The van der Waals surface area contributed by atoms with Crippen molar-refractivity contribution in [3.63, 3.8) is 0 Å². The van der Waals surface area contributed by atoms with Gasteiger partial charge in [0.15, 0.2) is 0 Å². The Hall–Kier alpha value is -2.66. The van der Waals surface area contributed by atoms with Crippen molar-refractivity contribution in [1.29, 1.82) is 0 Å². The van der Waals surface area contributed by atoms with Crippen molar-refractivity contribution in [2.24, 2.45) is 0 Å². The lowest BCUT2D eigenvalue weighted by atomic mass is 10.2. The van der Waals surface area contributed by atoms with Crippen LogP contribution < -0.4 is 5.32 Å². The summed E-state index contributed by atoms with van der Waals surface area (Å²) in [4.78, 5) is 38.5. The minimum Gasteiger partial charge on any atom is -0.350 e. The number of nitrogens with one attached hydrogen (secondary N) is 1. The minimum atomic E-state index is -3.68. The molecule has 0 aromatic heterocycles. The van der Waals surface area contributed by atoms with Gasteiger partial charge in [-0.05, 0) is 53.7 Å². The predicted octanol–water partition coefficient (Wildman–Crippen LogP) is 3.06. The molecule has 0 aliphatic carbocycles. The van der Waals surface area contributed by atoms with Gasteiger partial charge in [-0.2, -0.15) is 0 Å². The smallest absolute Gasteiger partial charge is 0.293 e. The number of imide groups is 1. The second-order valence-electron chi connectivity index (χ2n) is 6.96. The summed E-state index contributed by atoms with van der Waals surface area (Å²) >= 11 is 6.68. The van der Waals surface area contributed by atoms with Crippen LogP contribution in [0.3, 0.4) is 0 Å². The number of amides is 3. The van der Waals surface area contributed by atoms with Crippen LogP contribution in [-0.2, 0) is 14.8 Å². The molecule has 2 aromatic carbocycles. The third-order valence-electron chi connectivity index (χ3n) is 4.54. The molecule has 11 heteroatoms. The van der Waals surface area contributed by atoms with Gasteiger partial charge in [0.1, 0.15) is 0 Å². The highest BCUT2D eigenvalue weighted by atomic mass is 35.5. The number of sulfonamides is 1. The fourth-order valence-corrected chi connectivity index (χ4v) is 4.73. The summed E-state index contributed by atoms with van der Waals surface area (Å²) < 4.78 is 25.5. The first-order valence-corrected chi connectivity index (χ1v) is 12.0. The van der Waals surface area contributed by atoms with E-state index in [0.717, 1.165) is 26.5 Å². The molecule has 32 heavy (non-hydrogen) atoms. The maximum Gasteiger partial charge on any atom is 0.293 e. The Morgan fingerprint density at radius 2 is 1.84 bits per heavy atom. The van der Waals surface area contributed by atoms with Crippen LogP contribution in [-0.4, -0.2) is 61.9 Å². The summed E-state index contributed by atoms with van der Waals surface area (Å²) in [5.74, 6) is -0.951. The zero-order chi connectivity index (χ0) is 23.5. The summed E-state index contributed by atoms with van der Waals surface area (Å²) in [6.45, 7) is 0.0137. The normalized spacial score (nSPS) is 15.6. The van der Waals surface area contributed by atoms with E-state index in [2.05, 4.69) is 5.32 Å². The second-order valence-corrected chi connectivity index (χ2v) is 10.5. The van der Waals surface area contributed by atoms with E-state index in [1.165, 1.54) is 38.4 Å².